The predicted molar refractivity (Wildman–Crippen MR) is 73.4 cm³/mol. The fourth-order valence-corrected chi connectivity index (χ4v) is 1.91. The molecule has 3 nitrogen and oxygen atoms in total. The first-order chi connectivity index (χ1) is 8.31. The van der Waals surface area contributed by atoms with Crippen molar-refractivity contribution in [2.75, 3.05) is 31.1 Å². The maximum Gasteiger partial charge on any atom is 0.129 e. The Balaban J connectivity index is 2.27. The normalized spacial score (nSPS) is 17.9. The summed E-state index contributed by atoms with van der Waals surface area (Å²) in [4.78, 5) is 6.81. The van der Waals surface area contributed by atoms with E-state index in [9.17, 15) is 0 Å². The third kappa shape index (κ3) is 2.94. The van der Waals surface area contributed by atoms with Crippen LogP contribution in [0, 0.1) is 0 Å². The molecule has 1 aliphatic rings. The summed E-state index contributed by atoms with van der Waals surface area (Å²) in [5.41, 5.74) is 0. The second-order valence-corrected chi connectivity index (χ2v) is 4.17. The number of pyridine rings is 1. The number of nitrogens with one attached hydrogen (secondary N) is 1. The fraction of sp³-hybridized carbons (Fsp3) is 0.357. The summed E-state index contributed by atoms with van der Waals surface area (Å²) in [6, 6.07) is 2.07. The smallest absolute Gasteiger partial charge is 0.129 e. The van der Waals surface area contributed by atoms with E-state index in [2.05, 4.69) is 27.8 Å². The number of allylic oxidation sites excluding steroid dienone is 2. The molecule has 2 rings (SSSR count). The van der Waals surface area contributed by atoms with Gasteiger partial charge in [0.15, 0.2) is 0 Å². The molecule has 1 aliphatic heterocycles. The number of piperazine rings is 1. The van der Waals surface area contributed by atoms with Crippen molar-refractivity contribution in [2.24, 2.45) is 0 Å². The average Bonchev–Trinajstić information content (AvgIpc) is 2.38. The summed E-state index contributed by atoms with van der Waals surface area (Å²) < 4.78 is 0. The summed E-state index contributed by atoms with van der Waals surface area (Å²) in [6.45, 7) is 10.2. The van der Waals surface area contributed by atoms with Crippen molar-refractivity contribution < 1.29 is 0 Å². The number of hydrogen-bond donors (Lipinski definition) is 1. The van der Waals surface area contributed by atoms with E-state index in [0.717, 1.165) is 42.4 Å². The van der Waals surface area contributed by atoms with E-state index in [1.807, 2.05) is 31.3 Å². The zero-order valence-electron chi connectivity index (χ0n) is 10.3. The van der Waals surface area contributed by atoms with Gasteiger partial charge in [0.1, 0.15) is 5.82 Å². The monoisotopic (exact) mass is 229 g/mol. The molecular formula is C14H19N3. The van der Waals surface area contributed by atoms with Crippen molar-refractivity contribution in [2.45, 2.75) is 6.92 Å². The lowest BCUT2D eigenvalue weighted by Crippen LogP contribution is -2.44. The molecule has 0 aromatic carbocycles. The minimum absolute atomic E-state index is 1.02. The van der Waals surface area contributed by atoms with Crippen LogP contribution in [0.5, 0.6) is 0 Å². The summed E-state index contributed by atoms with van der Waals surface area (Å²) in [5, 5.41) is 5.46. The molecule has 1 N–H and O–H groups in total. The minimum atomic E-state index is 1.02. The first-order valence-corrected chi connectivity index (χ1v) is 6.05. The number of nitrogens with zero attached hydrogens (tertiary/aromatic N) is 2. The molecule has 1 aromatic heterocycles. The molecule has 90 valence electrons. The highest BCUT2D eigenvalue weighted by Gasteiger charge is 2.10. The lowest BCUT2D eigenvalue weighted by Gasteiger charge is -2.28. The van der Waals surface area contributed by atoms with Crippen molar-refractivity contribution in [1.82, 2.24) is 10.3 Å². The van der Waals surface area contributed by atoms with E-state index in [1.54, 1.807) is 0 Å². The van der Waals surface area contributed by atoms with E-state index in [0.29, 0.717) is 0 Å². The van der Waals surface area contributed by atoms with Gasteiger partial charge in [0.2, 0.25) is 0 Å². The largest absolute Gasteiger partial charge is 0.354 e. The Kier molecular flexibility index (Phi) is 3.94. The molecule has 0 atom stereocenters. The van der Waals surface area contributed by atoms with Crippen LogP contribution in [-0.4, -0.2) is 31.2 Å². The average molecular weight is 229 g/mol. The van der Waals surface area contributed by atoms with E-state index in [4.69, 9.17) is 0 Å². The third-order valence-electron chi connectivity index (χ3n) is 2.92. The molecule has 0 saturated carbocycles. The Hall–Kier alpha value is -1.61. The molecule has 0 unspecified atom stereocenters. The topological polar surface area (TPSA) is 28.2 Å². The molecule has 0 amide bonds. The SMILES string of the molecule is C=c1cc(N2CCNCC2)nc/c1=C/C=C\C. The van der Waals surface area contributed by atoms with E-state index in [1.165, 1.54) is 0 Å². The Morgan fingerprint density at radius 1 is 1.41 bits per heavy atom. The van der Waals surface area contributed by atoms with Gasteiger partial charge < -0.3 is 10.2 Å². The molecular weight excluding hydrogens is 210 g/mol. The summed E-state index contributed by atoms with van der Waals surface area (Å²) >= 11 is 0. The van der Waals surface area contributed by atoms with Crippen LogP contribution in [0.25, 0.3) is 12.7 Å². The van der Waals surface area contributed by atoms with Gasteiger partial charge in [-0.2, -0.15) is 0 Å². The summed E-state index contributed by atoms with van der Waals surface area (Å²) in [5.74, 6) is 1.04. The zero-order chi connectivity index (χ0) is 12.1. The van der Waals surface area contributed by atoms with Gasteiger partial charge in [-0.05, 0) is 23.4 Å². The first kappa shape index (κ1) is 11.9. The minimum Gasteiger partial charge on any atom is -0.354 e. The molecule has 0 spiro atoms. The van der Waals surface area contributed by atoms with Crippen molar-refractivity contribution in [1.29, 1.82) is 0 Å². The van der Waals surface area contributed by atoms with Crippen molar-refractivity contribution in [3.8, 4) is 0 Å². The van der Waals surface area contributed by atoms with Crippen molar-refractivity contribution in [3.05, 3.63) is 34.9 Å². The van der Waals surface area contributed by atoms with Gasteiger partial charge in [0.05, 0.1) is 0 Å². The standard InChI is InChI=1S/C14H19N3/c1-3-4-5-13-11-16-14(10-12(13)2)17-8-6-15-7-9-17/h3-5,10-11,15H,2,6-9H2,1H3/b4-3-,13-5-. The summed E-state index contributed by atoms with van der Waals surface area (Å²) in [6.07, 6.45) is 7.95. The number of aromatic nitrogens is 1. The van der Waals surface area contributed by atoms with Gasteiger partial charge >= 0.3 is 0 Å². The lowest BCUT2D eigenvalue weighted by molar-refractivity contribution is 0.585. The van der Waals surface area contributed by atoms with Crippen molar-refractivity contribution >= 4 is 18.5 Å². The number of rotatable bonds is 2. The maximum atomic E-state index is 4.51. The van der Waals surface area contributed by atoms with Gasteiger partial charge in [-0.25, -0.2) is 4.98 Å². The number of anilines is 1. The van der Waals surface area contributed by atoms with Crippen LogP contribution >= 0.6 is 0 Å². The van der Waals surface area contributed by atoms with Crippen LogP contribution in [0.3, 0.4) is 0 Å². The van der Waals surface area contributed by atoms with E-state index in [-0.39, 0.29) is 0 Å². The molecule has 1 saturated heterocycles. The highest BCUT2D eigenvalue weighted by Crippen LogP contribution is 2.06. The van der Waals surface area contributed by atoms with Gasteiger partial charge in [-0.1, -0.05) is 24.8 Å². The second kappa shape index (κ2) is 5.64. The molecule has 0 aliphatic carbocycles. The maximum absolute atomic E-state index is 4.51. The Labute approximate surface area is 102 Å². The predicted octanol–water partition coefficient (Wildman–Crippen LogP) is 0.258. The Bertz CT molecular complexity index is 499. The van der Waals surface area contributed by atoms with Crippen LogP contribution in [0.4, 0.5) is 5.82 Å². The molecule has 3 heteroatoms. The Morgan fingerprint density at radius 2 is 2.18 bits per heavy atom. The number of hydrogen-bond acceptors (Lipinski definition) is 3. The lowest BCUT2D eigenvalue weighted by atomic mass is 10.2. The molecule has 0 bridgehead atoms. The quantitative estimate of drug-likeness (QED) is 0.788. The Morgan fingerprint density at radius 3 is 2.82 bits per heavy atom. The van der Waals surface area contributed by atoms with E-state index >= 15 is 0 Å². The van der Waals surface area contributed by atoms with Crippen LogP contribution in [0.2, 0.25) is 0 Å². The summed E-state index contributed by atoms with van der Waals surface area (Å²) in [7, 11) is 0. The van der Waals surface area contributed by atoms with Crippen LogP contribution in [0.1, 0.15) is 6.92 Å². The molecule has 17 heavy (non-hydrogen) atoms. The highest BCUT2D eigenvalue weighted by molar-refractivity contribution is 5.43. The molecule has 1 aromatic rings. The molecule has 2 heterocycles. The van der Waals surface area contributed by atoms with Crippen LogP contribution < -0.4 is 20.7 Å². The van der Waals surface area contributed by atoms with Crippen LogP contribution in [-0.2, 0) is 0 Å². The van der Waals surface area contributed by atoms with Crippen LogP contribution in [0.15, 0.2) is 24.4 Å². The van der Waals surface area contributed by atoms with Crippen molar-refractivity contribution in [3.63, 3.8) is 0 Å². The second-order valence-electron chi connectivity index (χ2n) is 4.17. The molecule has 1 fully saturated rings. The molecule has 0 radical (unpaired) electrons. The van der Waals surface area contributed by atoms with Gasteiger partial charge in [0, 0.05) is 32.4 Å². The van der Waals surface area contributed by atoms with Gasteiger partial charge in [-0.15, -0.1) is 0 Å². The highest BCUT2D eigenvalue weighted by atomic mass is 15.2. The first-order valence-electron chi connectivity index (χ1n) is 6.05. The van der Waals surface area contributed by atoms with Gasteiger partial charge in [0.25, 0.3) is 0 Å². The van der Waals surface area contributed by atoms with Gasteiger partial charge in [-0.3, -0.25) is 0 Å². The zero-order valence-corrected chi connectivity index (χ0v) is 10.3. The van der Waals surface area contributed by atoms with E-state index < -0.39 is 0 Å². The third-order valence-corrected chi connectivity index (χ3v) is 2.92. The fourth-order valence-electron chi connectivity index (χ4n) is 1.91.